The molecule has 0 aromatic carbocycles. The van der Waals surface area contributed by atoms with Crippen LogP contribution in [0.5, 0.6) is 0 Å². The minimum absolute atomic E-state index is 0.915. The van der Waals surface area contributed by atoms with E-state index in [1.54, 1.807) is 0 Å². The highest BCUT2D eigenvalue weighted by Crippen LogP contribution is 2.17. The predicted molar refractivity (Wildman–Crippen MR) is 56.9 cm³/mol. The molecule has 1 aliphatic heterocycles. The molecule has 0 unspecified atom stereocenters. The van der Waals surface area contributed by atoms with E-state index in [4.69, 9.17) is 0 Å². The minimum Gasteiger partial charge on any atom is -0.337 e. The zero-order valence-corrected chi connectivity index (χ0v) is 9.11. The van der Waals surface area contributed by atoms with Gasteiger partial charge in [-0.15, -0.1) is 0 Å². The van der Waals surface area contributed by atoms with E-state index in [1.807, 2.05) is 12.5 Å². The van der Waals surface area contributed by atoms with Gasteiger partial charge in [0.1, 0.15) is 0 Å². The van der Waals surface area contributed by atoms with Crippen molar-refractivity contribution in [2.75, 3.05) is 13.1 Å². The Kier molecular flexibility index (Phi) is 2.87. The summed E-state index contributed by atoms with van der Waals surface area (Å²) in [5, 5.41) is 0. The second-order valence-electron chi connectivity index (χ2n) is 4.45. The number of hydrogen-bond donors (Lipinski definition) is 0. The largest absolute Gasteiger partial charge is 0.337 e. The standard InChI is InChI=1S/C11H19N3/c1-10-3-5-14(6-4-10)8-11-7-12-9-13(11)2/h7,9-10H,3-6,8H2,1-2H3. The van der Waals surface area contributed by atoms with E-state index in [2.05, 4.69) is 28.4 Å². The molecule has 0 radical (unpaired) electrons. The van der Waals surface area contributed by atoms with Gasteiger partial charge < -0.3 is 4.57 Å². The highest BCUT2D eigenvalue weighted by Gasteiger charge is 2.16. The predicted octanol–water partition coefficient (Wildman–Crippen LogP) is 1.65. The third-order valence-corrected chi connectivity index (χ3v) is 3.18. The van der Waals surface area contributed by atoms with Crippen LogP contribution < -0.4 is 0 Å². The Morgan fingerprint density at radius 1 is 1.43 bits per heavy atom. The van der Waals surface area contributed by atoms with Crippen LogP contribution in [0.2, 0.25) is 0 Å². The van der Waals surface area contributed by atoms with E-state index in [9.17, 15) is 0 Å². The lowest BCUT2D eigenvalue weighted by Crippen LogP contribution is -2.32. The fourth-order valence-corrected chi connectivity index (χ4v) is 1.99. The van der Waals surface area contributed by atoms with Crippen LogP contribution in [0.4, 0.5) is 0 Å². The number of imidazole rings is 1. The molecule has 1 fully saturated rings. The maximum Gasteiger partial charge on any atom is 0.0945 e. The number of aryl methyl sites for hydroxylation is 1. The maximum atomic E-state index is 4.14. The molecule has 1 aliphatic rings. The van der Waals surface area contributed by atoms with E-state index < -0.39 is 0 Å². The van der Waals surface area contributed by atoms with Crippen LogP contribution in [0, 0.1) is 5.92 Å². The molecular formula is C11H19N3. The lowest BCUT2D eigenvalue weighted by molar-refractivity contribution is 0.182. The van der Waals surface area contributed by atoms with Crippen LogP contribution in [0.1, 0.15) is 25.5 Å². The number of aromatic nitrogens is 2. The van der Waals surface area contributed by atoms with Crippen molar-refractivity contribution in [2.24, 2.45) is 13.0 Å². The lowest BCUT2D eigenvalue weighted by Gasteiger charge is -2.29. The van der Waals surface area contributed by atoms with Crippen molar-refractivity contribution in [3.05, 3.63) is 18.2 Å². The van der Waals surface area contributed by atoms with Gasteiger partial charge >= 0.3 is 0 Å². The third-order valence-electron chi connectivity index (χ3n) is 3.18. The Bertz CT molecular complexity index is 284. The first-order chi connectivity index (χ1) is 6.75. The molecule has 0 amide bonds. The summed E-state index contributed by atoms with van der Waals surface area (Å²) in [7, 11) is 2.06. The van der Waals surface area contributed by atoms with Gasteiger partial charge in [-0.05, 0) is 31.8 Å². The van der Waals surface area contributed by atoms with Gasteiger partial charge in [0.05, 0.1) is 12.0 Å². The number of rotatable bonds is 2. The first kappa shape index (κ1) is 9.71. The van der Waals surface area contributed by atoms with E-state index in [-0.39, 0.29) is 0 Å². The zero-order valence-electron chi connectivity index (χ0n) is 9.11. The van der Waals surface area contributed by atoms with E-state index in [0.29, 0.717) is 0 Å². The fourth-order valence-electron chi connectivity index (χ4n) is 1.99. The van der Waals surface area contributed by atoms with Crippen molar-refractivity contribution in [3.63, 3.8) is 0 Å². The Morgan fingerprint density at radius 2 is 2.14 bits per heavy atom. The molecular weight excluding hydrogens is 174 g/mol. The monoisotopic (exact) mass is 193 g/mol. The summed E-state index contributed by atoms with van der Waals surface area (Å²) in [5.74, 6) is 0.915. The van der Waals surface area contributed by atoms with Crippen LogP contribution >= 0.6 is 0 Å². The van der Waals surface area contributed by atoms with Gasteiger partial charge in [0.2, 0.25) is 0 Å². The quantitative estimate of drug-likeness (QED) is 0.712. The molecule has 2 heterocycles. The summed E-state index contributed by atoms with van der Waals surface area (Å²) in [4.78, 5) is 6.66. The Morgan fingerprint density at radius 3 is 2.71 bits per heavy atom. The topological polar surface area (TPSA) is 21.1 Å². The lowest BCUT2D eigenvalue weighted by atomic mass is 9.99. The molecule has 78 valence electrons. The number of piperidine rings is 1. The highest BCUT2D eigenvalue weighted by molar-refractivity contribution is 4.97. The van der Waals surface area contributed by atoms with Crippen molar-refractivity contribution in [2.45, 2.75) is 26.3 Å². The summed E-state index contributed by atoms with van der Waals surface area (Å²) in [6.45, 7) is 5.89. The summed E-state index contributed by atoms with van der Waals surface area (Å²) >= 11 is 0. The van der Waals surface area contributed by atoms with Gasteiger partial charge in [0, 0.05) is 19.8 Å². The zero-order chi connectivity index (χ0) is 9.97. The Hall–Kier alpha value is -0.830. The highest BCUT2D eigenvalue weighted by atomic mass is 15.2. The molecule has 0 spiro atoms. The van der Waals surface area contributed by atoms with Crippen molar-refractivity contribution >= 4 is 0 Å². The molecule has 14 heavy (non-hydrogen) atoms. The molecule has 0 N–H and O–H groups in total. The summed E-state index contributed by atoms with van der Waals surface area (Å²) in [6.07, 6.45) is 6.54. The summed E-state index contributed by atoms with van der Waals surface area (Å²) in [6, 6.07) is 0. The maximum absolute atomic E-state index is 4.14. The SMILES string of the molecule is CC1CCN(Cc2cncn2C)CC1. The molecule has 0 saturated carbocycles. The van der Waals surface area contributed by atoms with Gasteiger partial charge in [-0.3, -0.25) is 4.90 Å². The number of likely N-dealkylation sites (tertiary alicyclic amines) is 1. The van der Waals surface area contributed by atoms with Gasteiger partial charge in [-0.2, -0.15) is 0 Å². The van der Waals surface area contributed by atoms with Crippen molar-refractivity contribution in [1.82, 2.24) is 14.5 Å². The molecule has 0 bridgehead atoms. The van der Waals surface area contributed by atoms with Crippen LogP contribution in [-0.4, -0.2) is 27.5 Å². The smallest absolute Gasteiger partial charge is 0.0945 e. The van der Waals surface area contributed by atoms with Gasteiger partial charge in [0.15, 0.2) is 0 Å². The van der Waals surface area contributed by atoms with Gasteiger partial charge in [-0.25, -0.2) is 4.98 Å². The number of nitrogens with zero attached hydrogens (tertiary/aromatic N) is 3. The van der Waals surface area contributed by atoms with Gasteiger partial charge in [-0.1, -0.05) is 6.92 Å². The van der Waals surface area contributed by atoms with Crippen LogP contribution in [-0.2, 0) is 13.6 Å². The molecule has 0 atom stereocenters. The number of hydrogen-bond acceptors (Lipinski definition) is 2. The molecule has 0 aliphatic carbocycles. The summed E-state index contributed by atoms with van der Waals surface area (Å²) < 4.78 is 2.11. The van der Waals surface area contributed by atoms with Crippen molar-refractivity contribution in [3.8, 4) is 0 Å². The molecule has 2 rings (SSSR count). The molecule has 1 aromatic heterocycles. The third kappa shape index (κ3) is 2.15. The van der Waals surface area contributed by atoms with Crippen LogP contribution in [0.15, 0.2) is 12.5 Å². The average molecular weight is 193 g/mol. The second-order valence-corrected chi connectivity index (χ2v) is 4.45. The molecule has 3 nitrogen and oxygen atoms in total. The van der Waals surface area contributed by atoms with E-state index in [0.717, 1.165) is 12.5 Å². The summed E-state index contributed by atoms with van der Waals surface area (Å²) in [5.41, 5.74) is 1.32. The fraction of sp³-hybridized carbons (Fsp3) is 0.727. The second kappa shape index (κ2) is 4.13. The van der Waals surface area contributed by atoms with Crippen LogP contribution in [0.25, 0.3) is 0 Å². The molecule has 3 heteroatoms. The first-order valence-electron chi connectivity index (χ1n) is 5.43. The van der Waals surface area contributed by atoms with Gasteiger partial charge in [0.25, 0.3) is 0 Å². The van der Waals surface area contributed by atoms with Crippen LogP contribution in [0.3, 0.4) is 0 Å². The van der Waals surface area contributed by atoms with Crippen molar-refractivity contribution in [1.29, 1.82) is 0 Å². The first-order valence-corrected chi connectivity index (χ1v) is 5.43. The van der Waals surface area contributed by atoms with E-state index in [1.165, 1.54) is 31.6 Å². The normalized spacial score (nSPS) is 20.1. The Balaban J connectivity index is 1.89. The average Bonchev–Trinajstić information content (AvgIpc) is 2.56. The minimum atomic E-state index is 0.915. The Labute approximate surface area is 85.7 Å². The molecule has 1 aromatic rings. The molecule has 1 saturated heterocycles. The van der Waals surface area contributed by atoms with E-state index >= 15 is 0 Å². The van der Waals surface area contributed by atoms with Crippen molar-refractivity contribution < 1.29 is 0 Å².